The summed E-state index contributed by atoms with van der Waals surface area (Å²) in [5.74, 6) is -0.139. The van der Waals surface area contributed by atoms with Crippen LogP contribution in [0.3, 0.4) is 0 Å². The number of nitrogens with zero attached hydrogens (tertiary/aromatic N) is 5. The number of amides is 1. The van der Waals surface area contributed by atoms with E-state index in [1.54, 1.807) is 4.68 Å². The molecule has 0 aliphatic carbocycles. The molecule has 0 fully saturated rings. The molecule has 0 radical (unpaired) electrons. The maximum absolute atomic E-state index is 12.4. The first-order valence-electron chi connectivity index (χ1n) is 8.05. The van der Waals surface area contributed by atoms with Crippen molar-refractivity contribution in [2.24, 2.45) is 0 Å². The third kappa shape index (κ3) is 3.65. The summed E-state index contributed by atoms with van der Waals surface area (Å²) in [5.41, 5.74) is 4.27. The Hall–Kier alpha value is -3.22. The van der Waals surface area contributed by atoms with Gasteiger partial charge in [0.1, 0.15) is 6.33 Å². The molecule has 3 rings (SSSR count). The van der Waals surface area contributed by atoms with Crippen molar-refractivity contribution in [1.29, 1.82) is 0 Å². The molecule has 0 saturated heterocycles. The molecule has 2 aromatic carbocycles. The van der Waals surface area contributed by atoms with Gasteiger partial charge in [-0.25, -0.2) is 4.68 Å². The van der Waals surface area contributed by atoms with E-state index in [9.17, 15) is 4.79 Å². The predicted molar refractivity (Wildman–Crippen MR) is 97.2 cm³/mol. The summed E-state index contributed by atoms with van der Waals surface area (Å²) < 4.78 is 1.59. The molecule has 1 N–H and O–H groups in total. The topological polar surface area (TPSA) is 75.9 Å². The second kappa shape index (κ2) is 7.12. The highest BCUT2D eigenvalue weighted by atomic mass is 16.1. The average Bonchev–Trinajstić information content (AvgIpc) is 3.15. The molecule has 3 aromatic rings. The van der Waals surface area contributed by atoms with Crippen LogP contribution in [-0.2, 0) is 0 Å². The summed E-state index contributed by atoms with van der Waals surface area (Å²) in [6.45, 7) is 4.95. The molecule has 1 amide bonds. The first kappa shape index (κ1) is 16.6. The quantitative estimate of drug-likeness (QED) is 0.775. The highest BCUT2D eigenvalue weighted by molar-refractivity contribution is 6.04. The van der Waals surface area contributed by atoms with Crippen LogP contribution in [0.5, 0.6) is 0 Å². The monoisotopic (exact) mass is 336 g/mol. The lowest BCUT2D eigenvalue weighted by Crippen LogP contribution is -2.16. The van der Waals surface area contributed by atoms with E-state index in [1.807, 2.05) is 56.4 Å². The summed E-state index contributed by atoms with van der Waals surface area (Å²) in [7, 11) is 2.02. The van der Waals surface area contributed by atoms with Gasteiger partial charge in [-0.3, -0.25) is 4.79 Å². The number of carbonyl (C=O) groups is 1. The van der Waals surface area contributed by atoms with Crippen molar-refractivity contribution in [2.75, 3.05) is 23.8 Å². The third-order valence-corrected chi connectivity index (χ3v) is 4.10. The Morgan fingerprint density at radius 3 is 2.56 bits per heavy atom. The van der Waals surface area contributed by atoms with Crippen molar-refractivity contribution in [3.8, 4) is 5.69 Å². The zero-order chi connectivity index (χ0) is 17.8. The van der Waals surface area contributed by atoms with Gasteiger partial charge in [0.05, 0.1) is 5.69 Å². The fraction of sp³-hybridized carbons (Fsp3) is 0.222. The Labute approximate surface area is 146 Å². The average molecular weight is 336 g/mol. The summed E-state index contributed by atoms with van der Waals surface area (Å²) in [4.78, 5) is 14.5. The predicted octanol–water partition coefficient (Wildman–Crippen LogP) is 2.68. The first-order valence-corrected chi connectivity index (χ1v) is 8.05. The molecule has 25 heavy (non-hydrogen) atoms. The zero-order valence-corrected chi connectivity index (χ0v) is 14.5. The number of hydrogen-bond donors (Lipinski definition) is 1. The molecule has 0 aliphatic heterocycles. The number of benzene rings is 2. The van der Waals surface area contributed by atoms with Crippen LogP contribution in [0, 0.1) is 6.92 Å². The molecular weight excluding hydrogens is 316 g/mol. The lowest BCUT2D eigenvalue weighted by atomic mass is 10.1. The van der Waals surface area contributed by atoms with Crippen LogP contribution in [0.4, 0.5) is 11.4 Å². The Bertz CT molecular complexity index is 858. The standard InChI is InChI=1S/C18H20N6O/c1-4-23(3)16-8-5-14(6-9-16)18(25)20-15-7-10-17(13(2)11-15)24-12-19-21-22-24/h5-12H,4H2,1-3H3,(H,20,25). The Morgan fingerprint density at radius 2 is 1.96 bits per heavy atom. The van der Waals surface area contributed by atoms with Crippen molar-refractivity contribution in [3.63, 3.8) is 0 Å². The van der Waals surface area contributed by atoms with Crippen LogP contribution < -0.4 is 10.2 Å². The largest absolute Gasteiger partial charge is 0.375 e. The van der Waals surface area contributed by atoms with E-state index in [1.165, 1.54) is 6.33 Å². The molecule has 1 heterocycles. The fourth-order valence-electron chi connectivity index (χ4n) is 2.52. The van der Waals surface area contributed by atoms with Gasteiger partial charge in [0, 0.05) is 30.5 Å². The Morgan fingerprint density at radius 1 is 1.20 bits per heavy atom. The Kier molecular flexibility index (Phi) is 4.74. The number of aromatic nitrogens is 4. The van der Waals surface area contributed by atoms with Crippen LogP contribution in [0.1, 0.15) is 22.8 Å². The van der Waals surface area contributed by atoms with Gasteiger partial charge in [-0.2, -0.15) is 0 Å². The van der Waals surface area contributed by atoms with E-state index < -0.39 is 0 Å². The van der Waals surface area contributed by atoms with Gasteiger partial charge in [0.15, 0.2) is 0 Å². The summed E-state index contributed by atoms with van der Waals surface area (Å²) in [5, 5.41) is 14.1. The van der Waals surface area contributed by atoms with E-state index in [-0.39, 0.29) is 5.91 Å². The van der Waals surface area contributed by atoms with Gasteiger partial charge in [-0.15, -0.1) is 5.10 Å². The molecular formula is C18H20N6O. The number of aryl methyl sites for hydroxylation is 1. The van der Waals surface area contributed by atoms with Crippen LogP contribution >= 0.6 is 0 Å². The zero-order valence-electron chi connectivity index (χ0n) is 14.5. The molecule has 0 spiro atoms. The van der Waals surface area contributed by atoms with Crippen molar-refractivity contribution in [2.45, 2.75) is 13.8 Å². The molecule has 0 unspecified atom stereocenters. The van der Waals surface area contributed by atoms with Crippen LogP contribution in [0.2, 0.25) is 0 Å². The number of hydrogen-bond acceptors (Lipinski definition) is 5. The van der Waals surface area contributed by atoms with Crippen molar-refractivity contribution in [1.82, 2.24) is 20.2 Å². The number of tetrazole rings is 1. The van der Waals surface area contributed by atoms with Crippen molar-refractivity contribution >= 4 is 17.3 Å². The molecule has 1 aromatic heterocycles. The number of carbonyl (C=O) groups excluding carboxylic acids is 1. The molecule has 7 nitrogen and oxygen atoms in total. The SMILES string of the molecule is CCN(C)c1ccc(C(=O)Nc2ccc(-n3cnnn3)c(C)c2)cc1. The number of nitrogens with one attached hydrogen (secondary N) is 1. The second-order valence-electron chi connectivity index (χ2n) is 5.77. The molecule has 0 saturated carbocycles. The smallest absolute Gasteiger partial charge is 0.255 e. The van der Waals surface area contributed by atoms with Crippen LogP contribution in [0.25, 0.3) is 5.69 Å². The van der Waals surface area contributed by atoms with Crippen LogP contribution in [-0.4, -0.2) is 39.7 Å². The maximum atomic E-state index is 12.4. The minimum atomic E-state index is -0.139. The lowest BCUT2D eigenvalue weighted by Gasteiger charge is -2.16. The highest BCUT2D eigenvalue weighted by Crippen LogP contribution is 2.19. The Balaban J connectivity index is 1.73. The molecule has 128 valence electrons. The summed E-state index contributed by atoms with van der Waals surface area (Å²) in [6.07, 6.45) is 1.54. The highest BCUT2D eigenvalue weighted by Gasteiger charge is 2.09. The van der Waals surface area contributed by atoms with Gasteiger partial charge >= 0.3 is 0 Å². The van der Waals surface area contributed by atoms with Gasteiger partial charge < -0.3 is 10.2 Å². The van der Waals surface area contributed by atoms with Gasteiger partial charge in [-0.1, -0.05) is 0 Å². The van der Waals surface area contributed by atoms with E-state index in [4.69, 9.17) is 0 Å². The fourth-order valence-corrected chi connectivity index (χ4v) is 2.52. The van der Waals surface area contributed by atoms with Gasteiger partial charge in [0.25, 0.3) is 5.91 Å². The van der Waals surface area contributed by atoms with E-state index in [0.717, 1.165) is 29.2 Å². The first-order chi connectivity index (χ1) is 12.1. The summed E-state index contributed by atoms with van der Waals surface area (Å²) >= 11 is 0. The normalized spacial score (nSPS) is 10.5. The van der Waals surface area contributed by atoms with Crippen LogP contribution in [0.15, 0.2) is 48.8 Å². The minimum absolute atomic E-state index is 0.139. The lowest BCUT2D eigenvalue weighted by molar-refractivity contribution is 0.102. The van der Waals surface area contributed by atoms with E-state index >= 15 is 0 Å². The van der Waals surface area contributed by atoms with E-state index in [2.05, 4.69) is 32.7 Å². The molecule has 0 atom stereocenters. The summed E-state index contributed by atoms with van der Waals surface area (Å²) in [6, 6.07) is 13.2. The number of rotatable bonds is 5. The molecule has 0 bridgehead atoms. The number of anilines is 2. The van der Waals surface area contributed by atoms with Crippen molar-refractivity contribution in [3.05, 3.63) is 59.9 Å². The molecule has 0 aliphatic rings. The minimum Gasteiger partial charge on any atom is -0.375 e. The van der Waals surface area contributed by atoms with Crippen molar-refractivity contribution < 1.29 is 4.79 Å². The van der Waals surface area contributed by atoms with Gasteiger partial charge in [-0.05, 0) is 72.3 Å². The van der Waals surface area contributed by atoms with Gasteiger partial charge in [0.2, 0.25) is 0 Å². The second-order valence-corrected chi connectivity index (χ2v) is 5.77. The molecule has 7 heteroatoms. The third-order valence-electron chi connectivity index (χ3n) is 4.10. The maximum Gasteiger partial charge on any atom is 0.255 e. The van der Waals surface area contributed by atoms with E-state index in [0.29, 0.717) is 5.56 Å².